The molecular formula is C13H17NO3. The lowest BCUT2D eigenvalue weighted by atomic mass is 9.98. The highest BCUT2D eigenvalue weighted by molar-refractivity contribution is 5.99. The molecule has 1 amide bonds. The van der Waals surface area contributed by atoms with Crippen LogP contribution in [0.3, 0.4) is 0 Å². The number of carboxylic acids is 1. The minimum absolute atomic E-state index is 0.202. The number of carbonyl (C=O) groups is 2. The van der Waals surface area contributed by atoms with E-state index in [1.54, 1.807) is 12.1 Å². The van der Waals surface area contributed by atoms with Gasteiger partial charge >= 0.3 is 5.97 Å². The molecule has 0 atom stereocenters. The Labute approximate surface area is 101 Å². The summed E-state index contributed by atoms with van der Waals surface area (Å²) in [4.78, 5) is 22.9. The van der Waals surface area contributed by atoms with E-state index in [4.69, 9.17) is 5.11 Å². The first-order chi connectivity index (χ1) is 8.11. The molecule has 1 aromatic carbocycles. The maximum absolute atomic E-state index is 11.9. The third-order valence-corrected chi connectivity index (χ3v) is 2.54. The maximum atomic E-state index is 11.9. The summed E-state index contributed by atoms with van der Waals surface area (Å²) in [5.41, 5.74) is 1.26. The predicted octanol–water partition coefficient (Wildman–Crippen LogP) is 2.09. The second-order valence-corrected chi connectivity index (χ2v) is 3.75. The molecule has 0 unspecified atom stereocenters. The highest BCUT2D eigenvalue weighted by Gasteiger charge is 2.16. The molecule has 17 heavy (non-hydrogen) atoms. The monoisotopic (exact) mass is 235 g/mol. The van der Waals surface area contributed by atoms with Crippen LogP contribution in [0.15, 0.2) is 18.2 Å². The molecule has 0 fully saturated rings. The minimum Gasteiger partial charge on any atom is -0.478 e. The number of aromatic carboxylic acids is 1. The van der Waals surface area contributed by atoms with Gasteiger partial charge in [-0.1, -0.05) is 19.9 Å². The molecule has 2 N–H and O–H groups in total. The van der Waals surface area contributed by atoms with E-state index in [0.717, 1.165) is 6.42 Å². The van der Waals surface area contributed by atoms with E-state index >= 15 is 0 Å². The average Bonchev–Trinajstić information content (AvgIpc) is 2.34. The van der Waals surface area contributed by atoms with Crippen molar-refractivity contribution in [3.63, 3.8) is 0 Å². The zero-order chi connectivity index (χ0) is 12.8. The van der Waals surface area contributed by atoms with Gasteiger partial charge < -0.3 is 10.4 Å². The summed E-state index contributed by atoms with van der Waals surface area (Å²) in [5.74, 6) is -1.20. The molecule has 0 spiro atoms. The zero-order valence-electron chi connectivity index (χ0n) is 10.1. The third-order valence-electron chi connectivity index (χ3n) is 2.54. The molecule has 0 aliphatic heterocycles. The van der Waals surface area contributed by atoms with Gasteiger partial charge in [-0.2, -0.15) is 0 Å². The second-order valence-electron chi connectivity index (χ2n) is 3.75. The fraction of sp³-hybridized carbons (Fsp3) is 0.385. The Morgan fingerprint density at radius 1 is 1.24 bits per heavy atom. The fourth-order valence-corrected chi connectivity index (χ4v) is 1.71. The molecule has 0 aliphatic carbocycles. The van der Waals surface area contributed by atoms with E-state index in [1.807, 2.05) is 13.8 Å². The van der Waals surface area contributed by atoms with Crippen molar-refractivity contribution < 1.29 is 14.7 Å². The zero-order valence-corrected chi connectivity index (χ0v) is 10.1. The van der Waals surface area contributed by atoms with Crippen molar-refractivity contribution in [2.45, 2.75) is 26.7 Å². The van der Waals surface area contributed by atoms with Crippen LogP contribution < -0.4 is 5.32 Å². The van der Waals surface area contributed by atoms with Crippen LogP contribution in [0.5, 0.6) is 0 Å². The first-order valence-corrected chi connectivity index (χ1v) is 5.75. The quantitative estimate of drug-likeness (QED) is 0.821. The summed E-state index contributed by atoms with van der Waals surface area (Å²) in [6, 6.07) is 4.79. The number of benzene rings is 1. The summed E-state index contributed by atoms with van der Waals surface area (Å²) in [7, 11) is 0. The molecule has 0 radical (unpaired) electrons. The van der Waals surface area contributed by atoms with Crippen LogP contribution in [0.1, 0.15) is 46.5 Å². The number of rotatable bonds is 5. The smallest absolute Gasteiger partial charge is 0.335 e. The summed E-state index contributed by atoms with van der Waals surface area (Å²) < 4.78 is 0. The van der Waals surface area contributed by atoms with Gasteiger partial charge in [0.1, 0.15) is 0 Å². The van der Waals surface area contributed by atoms with Gasteiger partial charge in [-0.25, -0.2) is 4.79 Å². The molecule has 0 aromatic heterocycles. The number of hydrogen-bond acceptors (Lipinski definition) is 2. The molecule has 1 aromatic rings. The normalized spacial score (nSPS) is 10.0. The van der Waals surface area contributed by atoms with Crippen LogP contribution in [0.25, 0.3) is 0 Å². The topological polar surface area (TPSA) is 66.4 Å². The molecule has 4 nitrogen and oxygen atoms in total. The van der Waals surface area contributed by atoms with Crippen LogP contribution in [0.2, 0.25) is 0 Å². The van der Waals surface area contributed by atoms with E-state index in [1.165, 1.54) is 6.07 Å². The SMILES string of the molecule is CCCNC(=O)c1cccc(C(=O)O)c1CC. The van der Waals surface area contributed by atoms with Gasteiger partial charge in [-0.15, -0.1) is 0 Å². The van der Waals surface area contributed by atoms with Crippen molar-refractivity contribution in [3.8, 4) is 0 Å². The Bertz CT molecular complexity index is 427. The standard InChI is InChI=1S/C13H17NO3/c1-3-8-14-12(15)10-6-5-7-11(13(16)17)9(10)4-2/h5-7H,3-4,8H2,1-2H3,(H,14,15)(H,16,17). The van der Waals surface area contributed by atoms with Crippen molar-refractivity contribution in [3.05, 3.63) is 34.9 Å². The molecule has 0 heterocycles. The van der Waals surface area contributed by atoms with Crippen molar-refractivity contribution in [1.29, 1.82) is 0 Å². The van der Waals surface area contributed by atoms with Crippen LogP contribution in [0.4, 0.5) is 0 Å². The van der Waals surface area contributed by atoms with Gasteiger partial charge in [0.15, 0.2) is 0 Å². The number of carbonyl (C=O) groups excluding carboxylic acids is 1. The number of carboxylic acid groups (broad SMARTS) is 1. The number of nitrogens with one attached hydrogen (secondary N) is 1. The molecule has 1 rings (SSSR count). The van der Waals surface area contributed by atoms with Crippen LogP contribution >= 0.6 is 0 Å². The van der Waals surface area contributed by atoms with Crippen LogP contribution in [-0.4, -0.2) is 23.5 Å². The Kier molecular flexibility index (Phi) is 4.69. The summed E-state index contributed by atoms with van der Waals surface area (Å²) in [6.45, 7) is 4.41. The van der Waals surface area contributed by atoms with Crippen molar-refractivity contribution >= 4 is 11.9 Å². The molecular weight excluding hydrogens is 218 g/mol. The first-order valence-electron chi connectivity index (χ1n) is 5.75. The van der Waals surface area contributed by atoms with E-state index in [0.29, 0.717) is 24.1 Å². The fourth-order valence-electron chi connectivity index (χ4n) is 1.71. The van der Waals surface area contributed by atoms with Crippen molar-refractivity contribution in [2.75, 3.05) is 6.54 Å². The predicted molar refractivity (Wildman–Crippen MR) is 65.4 cm³/mol. The Balaban J connectivity index is 3.11. The van der Waals surface area contributed by atoms with Gasteiger partial charge in [-0.3, -0.25) is 4.79 Å². The lowest BCUT2D eigenvalue weighted by molar-refractivity contribution is 0.0695. The summed E-state index contributed by atoms with van der Waals surface area (Å²) in [5, 5.41) is 11.8. The van der Waals surface area contributed by atoms with Crippen LogP contribution in [0, 0.1) is 0 Å². The number of amides is 1. The lowest BCUT2D eigenvalue weighted by Gasteiger charge is -2.10. The first kappa shape index (κ1) is 13.2. The van der Waals surface area contributed by atoms with Gasteiger partial charge in [0.25, 0.3) is 5.91 Å². The van der Waals surface area contributed by atoms with E-state index in [9.17, 15) is 9.59 Å². The molecule has 0 saturated carbocycles. The Morgan fingerprint density at radius 3 is 2.41 bits per heavy atom. The molecule has 92 valence electrons. The van der Waals surface area contributed by atoms with Gasteiger partial charge in [0.2, 0.25) is 0 Å². The largest absolute Gasteiger partial charge is 0.478 e. The van der Waals surface area contributed by atoms with Gasteiger partial charge in [-0.05, 0) is 30.5 Å². The molecule has 4 heteroatoms. The van der Waals surface area contributed by atoms with Crippen molar-refractivity contribution in [1.82, 2.24) is 5.32 Å². The van der Waals surface area contributed by atoms with Crippen LogP contribution in [-0.2, 0) is 6.42 Å². The summed E-state index contributed by atoms with van der Waals surface area (Å²) >= 11 is 0. The minimum atomic E-state index is -0.994. The van der Waals surface area contributed by atoms with Crippen molar-refractivity contribution in [2.24, 2.45) is 0 Å². The molecule has 0 bridgehead atoms. The van der Waals surface area contributed by atoms with E-state index < -0.39 is 5.97 Å². The lowest BCUT2D eigenvalue weighted by Crippen LogP contribution is -2.25. The second kappa shape index (κ2) is 6.03. The number of hydrogen-bond donors (Lipinski definition) is 2. The summed E-state index contributed by atoms with van der Waals surface area (Å²) in [6.07, 6.45) is 1.38. The van der Waals surface area contributed by atoms with Gasteiger partial charge in [0, 0.05) is 12.1 Å². The average molecular weight is 235 g/mol. The van der Waals surface area contributed by atoms with Gasteiger partial charge in [0.05, 0.1) is 5.56 Å². The Morgan fingerprint density at radius 2 is 1.88 bits per heavy atom. The van der Waals surface area contributed by atoms with E-state index in [-0.39, 0.29) is 11.5 Å². The third kappa shape index (κ3) is 3.06. The maximum Gasteiger partial charge on any atom is 0.335 e. The highest BCUT2D eigenvalue weighted by atomic mass is 16.4. The Hall–Kier alpha value is -1.84. The van der Waals surface area contributed by atoms with E-state index in [2.05, 4.69) is 5.32 Å². The molecule has 0 saturated heterocycles. The molecule has 0 aliphatic rings. The highest BCUT2D eigenvalue weighted by Crippen LogP contribution is 2.16.